The van der Waals surface area contributed by atoms with Crippen LogP contribution in [0.4, 0.5) is 0 Å². The molecule has 0 saturated carbocycles. The molecule has 0 saturated heterocycles. The summed E-state index contributed by atoms with van der Waals surface area (Å²) in [7, 11) is 0. The van der Waals surface area contributed by atoms with Crippen LogP contribution in [0.5, 0.6) is 0 Å². The fraction of sp³-hybridized carbons (Fsp3) is 0.611. The Morgan fingerprint density at radius 1 is 0.400 bits per heavy atom. The normalized spacial score (nSPS) is 12.3. The molecule has 0 aliphatic rings. The maximum Gasteiger partial charge on any atom is 0.355 e. The summed E-state index contributed by atoms with van der Waals surface area (Å²) in [5.41, 5.74) is 0. The minimum atomic E-state index is -0.452. The van der Waals surface area contributed by atoms with Crippen molar-refractivity contribution in [3.8, 4) is 0 Å². The van der Waals surface area contributed by atoms with Crippen LogP contribution >= 0.6 is 0 Å². The maximum atomic E-state index is 11.8. The summed E-state index contributed by atoms with van der Waals surface area (Å²) >= 11 is 0. The Labute approximate surface area is 246 Å². The smallest absolute Gasteiger partial charge is 0.247 e. The molecule has 0 spiro atoms. The van der Waals surface area contributed by atoms with Crippen LogP contribution in [-0.4, -0.2) is 11.9 Å². The van der Waals surface area contributed by atoms with Gasteiger partial charge in [-0.15, -0.1) is 0 Å². The van der Waals surface area contributed by atoms with Gasteiger partial charge in [0.25, 0.3) is 0 Å². The molecule has 0 fully saturated rings. The van der Waals surface area contributed by atoms with Gasteiger partial charge in [0.15, 0.2) is 0 Å². The van der Waals surface area contributed by atoms with E-state index in [0.29, 0.717) is 12.8 Å². The first-order chi connectivity index (χ1) is 19.7. The highest BCUT2D eigenvalue weighted by Gasteiger charge is 2.09. The quantitative estimate of drug-likeness (QED) is 0.0462. The molecule has 0 unspecified atom stereocenters. The van der Waals surface area contributed by atoms with Crippen molar-refractivity contribution < 1.29 is 19.4 Å². The van der Waals surface area contributed by atoms with E-state index >= 15 is 0 Å². The van der Waals surface area contributed by atoms with Crippen molar-refractivity contribution in [2.45, 2.75) is 142 Å². The second kappa shape index (κ2) is 32.6. The van der Waals surface area contributed by atoms with Crippen LogP contribution in [0.15, 0.2) is 72.9 Å². The second-order valence-corrected chi connectivity index (χ2v) is 10.1. The minimum absolute atomic E-state index is 0.300. The molecule has 0 aromatic carbocycles. The zero-order chi connectivity index (χ0) is 29.2. The van der Waals surface area contributed by atoms with Gasteiger partial charge in [0.05, 0.1) is 12.8 Å². The van der Waals surface area contributed by atoms with Crippen molar-refractivity contribution in [3.63, 3.8) is 0 Å². The van der Waals surface area contributed by atoms with Crippen LogP contribution in [0.3, 0.4) is 0 Å². The van der Waals surface area contributed by atoms with E-state index in [1.165, 1.54) is 12.8 Å². The SMILES string of the molecule is CCC=CCC=CCC=CCCCCCCCC(=O)OOC(=O)CCCCCCCC=CCC=CCC=CCC. The standard InChI is InChI=1S/C36H58O4/c1-3-5-7-9-11-13-15-17-19-21-23-25-27-29-31-33-35(37)39-40-36(38)34-32-30-28-26-24-22-20-18-16-14-12-10-8-6-4-2/h5-8,11-14,17-20H,3-4,9-10,15-16,21-34H2,1-2H3. The summed E-state index contributed by atoms with van der Waals surface area (Å²) in [6, 6.07) is 0. The summed E-state index contributed by atoms with van der Waals surface area (Å²) in [6.07, 6.45) is 46.1. The molecule has 0 aromatic rings. The predicted octanol–water partition coefficient (Wildman–Crippen LogP) is 11.2. The van der Waals surface area contributed by atoms with Crippen molar-refractivity contribution in [2.24, 2.45) is 0 Å². The van der Waals surface area contributed by atoms with Gasteiger partial charge >= 0.3 is 11.9 Å². The molecule has 226 valence electrons. The van der Waals surface area contributed by atoms with Gasteiger partial charge in [0.1, 0.15) is 0 Å². The summed E-state index contributed by atoms with van der Waals surface area (Å²) in [5.74, 6) is -0.905. The van der Waals surface area contributed by atoms with Gasteiger partial charge in [0, 0.05) is 0 Å². The van der Waals surface area contributed by atoms with Crippen LogP contribution in [-0.2, 0) is 19.4 Å². The number of carbonyl (C=O) groups is 2. The van der Waals surface area contributed by atoms with Crippen LogP contribution in [0.2, 0.25) is 0 Å². The van der Waals surface area contributed by atoms with Gasteiger partial charge in [-0.05, 0) is 77.0 Å². The molecule has 40 heavy (non-hydrogen) atoms. The molecule has 0 N–H and O–H groups in total. The number of unbranched alkanes of at least 4 members (excludes halogenated alkanes) is 10. The van der Waals surface area contributed by atoms with E-state index in [4.69, 9.17) is 0 Å². The second-order valence-electron chi connectivity index (χ2n) is 10.1. The molecule has 0 atom stereocenters. The van der Waals surface area contributed by atoms with Crippen molar-refractivity contribution in [3.05, 3.63) is 72.9 Å². The van der Waals surface area contributed by atoms with Crippen LogP contribution in [0, 0.1) is 0 Å². The predicted molar refractivity (Wildman–Crippen MR) is 171 cm³/mol. The Morgan fingerprint density at radius 3 is 1.07 bits per heavy atom. The van der Waals surface area contributed by atoms with Crippen LogP contribution in [0.1, 0.15) is 142 Å². The summed E-state index contributed by atoms with van der Waals surface area (Å²) < 4.78 is 0. The molecule has 0 aliphatic carbocycles. The minimum Gasteiger partial charge on any atom is -0.247 e. The average Bonchev–Trinajstić information content (AvgIpc) is 2.96. The highest BCUT2D eigenvalue weighted by atomic mass is 17.2. The molecule has 0 aliphatic heterocycles. The molecule has 4 nitrogen and oxygen atoms in total. The summed E-state index contributed by atoms with van der Waals surface area (Å²) in [5, 5.41) is 0. The van der Waals surface area contributed by atoms with Crippen LogP contribution in [0.25, 0.3) is 0 Å². The molecule has 0 heterocycles. The van der Waals surface area contributed by atoms with Crippen molar-refractivity contribution in [2.75, 3.05) is 0 Å². The topological polar surface area (TPSA) is 52.6 Å². The lowest BCUT2D eigenvalue weighted by Crippen LogP contribution is -2.11. The first-order valence-electron chi connectivity index (χ1n) is 16.0. The molecular formula is C36H58O4. The molecule has 0 rings (SSSR count). The zero-order valence-electron chi connectivity index (χ0n) is 25.7. The molecule has 0 amide bonds. The Kier molecular flexibility index (Phi) is 30.5. The number of allylic oxidation sites excluding steroid dienone is 12. The van der Waals surface area contributed by atoms with Crippen molar-refractivity contribution in [1.82, 2.24) is 0 Å². The molecule has 0 aromatic heterocycles. The highest BCUT2D eigenvalue weighted by Crippen LogP contribution is 2.10. The van der Waals surface area contributed by atoms with Gasteiger partial charge in [-0.2, -0.15) is 0 Å². The van der Waals surface area contributed by atoms with E-state index in [0.717, 1.165) is 103 Å². The third-order valence-electron chi connectivity index (χ3n) is 6.29. The Bertz CT molecular complexity index is 691. The Morgan fingerprint density at radius 2 is 0.700 bits per heavy atom. The van der Waals surface area contributed by atoms with Gasteiger partial charge in [-0.3, -0.25) is 0 Å². The van der Waals surface area contributed by atoms with Gasteiger partial charge in [0.2, 0.25) is 0 Å². The largest absolute Gasteiger partial charge is 0.355 e. The number of rotatable bonds is 26. The first-order valence-corrected chi connectivity index (χ1v) is 16.0. The lowest BCUT2D eigenvalue weighted by Gasteiger charge is -2.04. The monoisotopic (exact) mass is 554 g/mol. The average molecular weight is 555 g/mol. The maximum absolute atomic E-state index is 11.8. The number of hydrogen-bond acceptors (Lipinski definition) is 4. The third kappa shape index (κ3) is 31.6. The Balaban J connectivity index is 3.45. The molecule has 0 bridgehead atoms. The van der Waals surface area contributed by atoms with Gasteiger partial charge in [-0.1, -0.05) is 125 Å². The van der Waals surface area contributed by atoms with E-state index in [-0.39, 0.29) is 0 Å². The van der Waals surface area contributed by atoms with Crippen LogP contribution < -0.4 is 0 Å². The highest BCUT2D eigenvalue weighted by molar-refractivity contribution is 5.72. The van der Waals surface area contributed by atoms with Crippen molar-refractivity contribution in [1.29, 1.82) is 0 Å². The van der Waals surface area contributed by atoms with E-state index in [1.807, 2.05) is 0 Å². The summed E-state index contributed by atoms with van der Waals surface area (Å²) in [6.45, 7) is 4.30. The fourth-order valence-electron chi connectivity index (χ4n) is 3.95. The van der Waals surface area contributed by atoms with E-state index < -0.39 is 11.9 Å². The van der Waals surface area contributed by atoms with E-state index in [9.17, 15) is 9.59 Å². The van der Waals surface area contributed by atoms with E-state index in [1.54, 1.807) is 0 Å². The lowest BCUT2D eigenvalue weighted by atomic mass is 10.1. The first kappa shape index (κ1) is 37.4. The fourth-order valence-corrected chi connectivity index (χ4v) is 3.95. The van der Waals surface area contributed by atoms with Crippen molar-refractivity contribution >= 4 is 11.9 Å². The summed E-state index contributed by atoms with van der Waals surface area (Å²) in [4.78, 5) is 32.9. The molecule has 4 heteroatoms. The molecule has 0 radical (unpaired) electrons. The van der Waals surface area contributed by atoms with Gasteiger partial charge < -0.3 is 0 Å². The van der Waals surface area contributed by atoms with Gasteiger partial charge in [-0.25, -0.2) is 19.4 Å². The number of carbonyl (C=O) groups excluding carboxylic acids is 2. The zero-order valence-corrected chi connectivity index (χ0v) is 25.7. The lowest BCUT2D eigenvalue weighted by molar-refractivity contribution is -0.259. The molecular weight excluding hydrogens is 496 g/mol. The third-order valence-corrected chi connectivity index (χ3v) is 6.29. The van der Waals surface area contributed by atoms with E-state index in [2.05, 4.69) is 96.5 Å². The Hall–Kier alpha value is -2.62. The number of hydrogen-bond donors (Lipinski definition) is 0.